The average Bonchev–Trinajstić information content (AvgIpc) is 2.59. The third-order valence-electron chi connectivity index (χ3n) is 3.83. The molecule has 128 valence electrons. The van der Waals surface area contributed by atoms with Crippen molar-refractivity contribution < 1.29 is 4.79 Å². The van der Waals surface area contributed by atoms with E-state index in [1.807, 2.05) is 36.0 Å². The van der Waals surface area contributed by atoms with E-state index in [2.05, 4.69) is 55.6 Å². The summed E-state index contributed by atoms with van der Waals surface area (Å²) >= 11 is 1.81. The largest absolute Gasteiger partial charge is 0.349 e. The molecule has 0 aliphatic rings. The Labute approximate surface area is 150 Å². The molecule has 2 aromatic rings. The van der Waals surface area contributed by atoms with Crippen LogP contribution in [-0.4, -0.2) is 11.7 Å². The predicted molar refractivity (Wildman–Crippen MR) is 104 cm³/mol. The first-order chi connectivity index (χ1) is 11.6. The first-order valence-corrected chi connectivity index (χ1v) is 9.76. The normalized spacial score (nSPS) is 12.1. The van der Waals surface area contributed by atoms with Crippen molar-refractivity contribution in [3.8, 4) is 0 Å². The highest BCUT2D eigenvalue weighted by Gasteiger charge is 2.15. The van der Waals surface area contributed by atoms with Crippen LogP contribution < -0.4 is 5.32 Å². The highest BCUT2D eigenvalue weighted by molar-refractivity contribution is 7.98. The lowest BCUT2D eigenvalue weighted by molar-refractivity contribution is -0.121. The van der Waals surface area contributed by atoms with Crippen LogP contribution in [0.1, 0.15) is 43.9 Å². The second-order valence-corrected chi connectivity index (χ2v) is 7.55. The Hall–Kier alpha value is -1.74. The van der Waals surface area contributed by atoms with Crippen LogP contribution >= 0.6 is 11.8 Å². The van der Waals surface area contributed by atoms with Crippen molar-refractivity contribution in [2.24, 2.45) is 5.92 Å². The van der Waals surface area contributed by atoms with Crippen molar-refractivity contribution in [3.05, 3.63) is 71.8 Å². The maximum absolute atomic E-state index is 12.3. The quantitative estimate of drug-likeness (QED) is 0.634. The molecule has 1 amide bonds. The standard InChI is InChI=1S/C21H27NOS/c1-17(2)15-20(19-11-7-4-8-12-19)22-21(23)13-14-24-16-18-9-5-3-6-10-18/h3-12,17,20H,13-16H2,1-2H3,(H,22,23)/t20-/m1/s1. The smallest absolute Gasteiger partial charge is 0.221 e. The predicted octanol–water partition coefficient (Wildman–Crippen LogP) is 5.21. The Morgan fingerprint density at radius 1 is 1.00 bits per heavy atom. The molecule has 0 saturated carbocycles. The minimum absolute atomic E-state index is 0.109. The van der Waals surface area contributed by atoms with Gasteiger partial charge in [-0.25, -0.2) is 0 Å². The van der Waals surface area contributed by atoms with Crippen molar-refractivity contribution in [1.29, 1.82) is 0 Å². The van der Waals surface area contributed by atoms with Gasteiger partial charge in [0.05, 0.1) is 6.04 Å². The lowest BCUT2D eigenvalue weighted by Gasteiger charge is -2.21. The summed E-state index contributed by atoms with van der Waals surface area (Å²) in [6.07, 6.45) is 1.53. The van der Waals surface area contributed by atoms with Gasteiger partial charge in [-0.3, -0.25) is 4.79 Å². The molecule has 0 radical (unpaired) electrons. The van der Waals surface area contributed by atoms with Crippen molar-refractivity contribution in [2.75, 3.05) is 5.75 Å². The summed E-state index contributed by atoms with van der Waals surface area (Å²) in [5.41, 5.74) is 2.50. The SMILES string of the molecule is CC(C)C[C@@H](NC(=O)CCSCc1ccccc1)c1ccccc1. The van der Waals surface area contributed by atoms with E-state index < -0.39 is 0 Å². The lowest BCUT2D eigenvalue weighted by atomic mass is 9.97. The Bertz CT molecular complexity index is 598. The molecule has 3 heteroatoms. The molecule has 2 rings (SSSR count). The van der Waals surface area contributed by atoms with Crippen molar-refractivity contribution in [1.82, 2.24) is 5.32 Å². The molecule has 0 bridgehead atoms. The van der Waals surface area contributed by atoms with Crippen LogP contribution in [0.4, 0.5) is 0 Å². The number of amides is 1. The first-order valence-electron chi connectivity index (χ1n) is 8.61. The zero-order chi connectivity index (χ0) is 17.2. The van der Waals surface area contributed by atoms with Crippen LogP contribution in [0.2, 0.25) is 0 Å². The van der Waals surface area contributed by atoms with Gasteiger partial charge < -0.3 is 5.32 Å². The number of carbonyl (C=O) groups is 1. The molecule has 2 nitrogen and oxygen atoms in total. The summed E-state index contributed by atoms with van der Waals surface area (Å²) in [6.45, 7) is 4.38. The summed E-state index contributed by atoms with van der Waals surface area (Å²) < 4.78 is 0. The van der Waals surface area contributed by atoms with E-state index in [0.29, 0.717) is 12.3 Å². The van der Waals surface area contributed by atoms with E-state index in [1.165, 1.54) is 11.1 Å². The second kappa shape index (κ2) is 10.2. The summed E-state index contributed by atoms with van der Waals surface area (Å²) in [4.78, 5) is 12.3. The number of carbonyl (C=O) groups excluding carboxylic acids is 1. The maximum atomic E-state index is 12.3. The van der Waals surface area contributed by atoms with Gasteiger partial charge in [-0.05, 0) is 23.5 Å². The van der Waals surface area contributed by atoms with Crippen molar-refractivity contribution >= 4 is 17.7 Å². The van der Waals surface area contributed by atoms with Gasteiger partial charge in [-0.15, -0.1) is 0 Å². The van der Waals surface area contributed by atoms with Crippen molar-refractivity contribution in [2.45, 2.75) is 38.5 Å². The molecule has 0 aromatic heterocycles. The summed E-state index contributed by atoms with van der Waals surface area (Å²) in [5, 5.41) is 3.21. The molecule has 0 aliphatic heterocycles. The van der Waals surface area contributed by atoms with Crippen molar-refractivity contribution in [3.63, 3.8) is 0 Å². The lowest BCUT2D eigenvalue weighted by Crippen LogP contribution is -2.29. The Morgan fingerprint density at radius 2 is 1.62 bits per heavy atom. The Balaban J connectivity index is 1.78. The molecule has 0 saturated heterocycles. The number of nitrogens with one attached hydrogen (secondary N) is 1. The zero-order valence-electron chi connectivity index (χ0n) is 14.6. The average molecular weight is 342 g/mol. The van der Waals surface area contributed by atoms with Crippen LogP contribution in [0, 0.1) is 5.92 Å². The molecule has 24 heavy (non-hydrogen) atoms. The van der Waals surface area contributed by atoms with Crippen LogP contribution in [0.3, 0.4) is 0 Å². The fourth-order valence-corrected chi connectivity index (χ4v) is 3.53. The zero-order valence-corrected chi connectivity index (χ0v) is 15.4. The highest BCUT2D eigenvalue weighted by atomic mass is 32.2. The van der Waals surface area contributed by atoms with E-state index in [4.69, 9.17) is 0 Å². The van der Waals surface area contributed by atoms with Crippen LogP contribution in [0.5, 0.6) is 0 Å². The molecule has 0 fully saturated rings. The summed E-state index contributed by atoms with van der Waals surface area (Å²) in [7, 11) is 0. The van der Waals surface area contributed by atoms with Gasteiger partial charge in [-0.1, -0.05) is 74.5 Å². The molecule has 0 unspecified atom stereocenters. The fourth-order valence-electron chi connectivity index (χ4n) is 2.63. The van der Waals surface area contributed by atoms with Gasteiger partial charge in [0, 0.05) is 17.9 Å². The van der Waals surface area contributed by atoms with Gasteiger partial charge in [0.15, 0.2) is 0 Å². The molecule has 0 spiro atoms. The molecule has 1 N–H and O–H groups in total. The van der Waals surface area contributed by atoms with Gasteiger partial charge in [0.2, 0.25) is 5.91 Å². The van der Waals surface area contributed by atoms with Crippen LogP contribution in [0.25, 0.3) is 0 Å². The van der Waals surface area contributed by atoms with Gasteiger partial charge in [0.1, 0.15) is 0 Å². The Kier molecular flexibility index (Phi) is 7.90. The minimum atomic E-state index is 0.109. The van der Waals surface area contributed by atoms with E-state index >= 15 is 0 Å². The molecule has 2 aromatic carbocycles. The summed E-state index contributed by atoms with van der Waals surface area (Å²) in [5.74, 6) is 2.50. The van der Waals surface area contributed by atoms with E-state index in [-0.39, 0.29) is 11.9 Å². The number of thioether (sulfide) groups is 1. The van der Waals surface area contributed by atoms with Gasteiger partial charge in [0.25, 0.3) is 0 Å². The summed E-state index contributed by atoms with van der Waals surface area (Å²) in [6, 6.07) is 20.8. The third-order valence-corrected chi connectivity index (χ3v) is 4.86. The number of hydrogen-bond donors (Lipinski definition) is 1. The molecular formula is C21H27NOS. The highest BCUT2D eigenvalue weighted by Crippen LogP contribution is 2.21. The third kappa shape index (κ3) is 6.79. The van der Waals surface area contributed by atoms with Crippen LogP contribution in [0.15, 0.2) is 60.7 Å². The number of hydrogen-bond acceptors (Lipinski definition) is 2. The topological polar surface area (TPSA) is 29.1 Å². The molecule has 1 atom stereocenters. The molecule has 0 aliphatic carbocycles. The van der Waals surface area contributed by atoms with E-state index in [9.17, 15) is 4.79 Å². The number of benzene rings is 2. The Morgan fingerprint density at radius 3 is 2.25 bits per heavy atom. The molecular weight excluding hydrogens is 314 g/mol. The van der Waals surface area contributed by atoms with E-state index in [0.717, 1.165) is 17.9 Å². The van der Waals surface area contributed by atoms with Gasteiger partial charge in [-0.2, -0.15) is 11.8 Å². The first kappa shape index (κ1) is 18.6. The van der Waals surface area contributed by atoms with Crippen LogP contribution in [-0.2, 0) is 10.5 Å². The maximum Gasteiger partial charge on any atom is 0.221 e. The minimum Gasteiger partial charge on any atom is -0.349 e. The monoisotopic (exact) mass is 341 g/mol. The second-order valence-electron chi connectivity index (χ2n) is 6.45. The van der Waals surface area contributed by atoms with E-state index in [1.54, 1.807) is 0 Å². The van der Waals surface area contributed by atoms with Gasteiger partial charge >= 0.3 is 0 Å². The number of rotatable bonds is 9. The molecule has 0 heterocycles. The fraction of sp³-hybridized carbons (Fsp3) is 0.381.